The number of methoxy groups -OCH3 is 3. The smallest absolute Gasteiger partial charge is 0.415 e. The Labute approximate surface area is 786 Å². The van der Waals surface area contributed by atoms with Gasteiger partial charge in [-0.2, -0.15) is 0 Å². The van der Waals surface area contributed by atoms with E-state index in [0.717, 1.165) is 84.9 Å². The molecule has 34 nitrogen and oxygen atoms in total. The standard InChI is InChI=1S/C63H62N4O16.C40H40N4O10/c1-6-63(46-28-48-56-38(29-67(48)59(69)44(46)30-78-61(63)71)22-36-23-41(14-15-47(36)64-56)81-62(72)66-20-16-39(17-21-66)65-18-8-7-9-19-65)83-53(68)32-77-40-12-10-35(11-13-40)60(70)82-57-43-27-50-49(79-33-80-50)26-42(43)55(54-34(2)76-31-45(54)57)37-24-51(73-3)58(75-5)52(25-37)74-4;1-2-40(54-34(45)23-51-28-8-6-24(7-9-28)37(47)48)31-20-33-35-26(21-44(33)36(46)30(31)22-52-38(40)49)18-25-19-29(10-11-32(25)41-35)53-39(50)43-16-12-27(13-17-43)42-14-4-3-5-15-42/h10-15,22-28,39,45,54-55,57H,2,6-9,16-21,29-33H2,1,3-5H3;6-11,18-20,27H,2-5,12-17,21-23H2,1H3,(H,47,48)/t45-,54+,55+,57?,63?;/m1./s1. The van der Waals surface area contributed by atoms with Crippen molar-refractivity contribution in [3.63, 3.8) is 0 Å². The highest BCUT2D eigenvalue weighted by molar-refractivity contribution is 5.93. The van der Waals surface area contributed by atoms with Crippen molar-refractivity contribution in [3.05, 3.63) is 228 Å². The summed E-state index contributed by atoms with van der Waals surface area (Å²) in [6, 6.07) is 37.8. The van der Waals surface area contributed by atoms with Gasteiger partial charge in [0.25, 0.3) is 11.1 Å². The Bertz CT molecular complexity index is 6660. The van der Waals surface area contributed by atoms with E-state index in [1.54, 1.807) is 103 Å². The number of carbonyl (C=O) groups excluding carboxylic acids is 7. The summed E-state index contributed by atoms with van der Waals surface area (Å²) in [5, 5.41) is 10.6. The minimum absolute atomic E-state index is 0.0171. The summed E-state index contributed by atoms with van der Waals surface area (Å²) >= 11 is 0. The predicted octanol–water partition coefficient (Wildman–Crippen LogP) is 13.6. The van der Waals surface area contributed by atoms with Gasteiger partial charge in [-0.15, -0.1) is 0 Å². The van der Waals surface area contributed by atoms with E-state index in [4.69, 9.17) is 86.1 Å². The average Bonchev–Trinajstić information content (AvgIpc) is 1.65. The van der Waals surface area contributed by atoms with E-state index in [-0.39, 0.29) is 133 Å². The predicted molar refractivity (Wildman–Crippen MR) is 490 cm³/mol. The molecule has 1 N–H and O–H groups in total. The topological polar surface area (TPSA) is 378 Å². The molecule has 5 saturated heterocycles. The van der Waals surface area contributed by atoms with Crippen molar-refractivity contribution in [2.45, 2.75) is 153 Å². The van der Waals surface area contributed by atoms with Gasteiger partial charge >= 0.3 is 48.0 Å². The first-order chi connectivity index (χ1) is 66.5. The quantitative estimate of drug-likeness (QED) is 0.0515. The normalized spacial score (nSPS) is 21.2. The first kappa shape index (κ1) is 90.3. The fraction of sp³-hybridized carbons (Fsp3) is 0.398. The van der Waals surface area contributed by atoms with Gasteiger partial charge in [-0.3, -0.25) is 9.59 Å². The highest BCUT2D eigenvalue weighted by Crippen LogP contribution is 2.59. The van der Waals surface area contributed by atoms with E-state index in [2.05, 4.69) is 16.4 Å². The average molecular weight is 1870 g/mol. The highest BCUT2D eigenvalue weighted by Gasteiger charge is 2.55. The molecule has 3 unspecified atom stereocenters. The van der Waals surface area contributed by atoms with Gasteiger partial charge in [0.05, 0.1) is 103 Å². The number of piperidine rings is 4. The number of aromatic nitrogens is 4. The number of pyridine rings is 4. The monoisotopic (exact) mass is 1870 g/mol. The summed E-state index contributed by atoms with van der Waals surface area (Å²) in [5.41, 5.74) is 3.51. The van der Waals surface area contributed by atoms with Crippen molar-refractivity contribution in [3.8, 4) is 74.5 Å². The zero-order valence-electron chi connectivity index (χ0n) is 76.4. The Hall–Kier alpha value is -14.5. The molecule has 10 aromatic rings. The Morgan fingerprint density at radius 1 is 0.504 bits per heavy atom. The van der Waals surface area contributed by atoms with Crippen LogP contribution < -0.4 is 53.8 Å². The van der Waals surface area contributed by atoms with Crippen molar-refractivity contribution in [2.75, 3.05) is 100 Å². The minimum Gasteiger partial charge on any atom is -0.498 e. The van der Waals surface area contributed by atoms with Gasteiger partial charge in [0, 0.05) is 94.6 Å². The number of esters is 5. The number of nitrogens with zero attached hydrogens (tertiary/aromatic N) is 8. The fourth-order valence-corrected chi connectivity index (χ4v) is 21.5. The van der Waals surface area contributed by atoms with Gasteiger partial charge in [-0.05, 0) is 235 Å². The molecule has 14 heterocycles. The summed E-state index contributed by atoms with van der Waals surface area (Å²) in [4.78, 5) is 153. The van der Waals surface area contributed by atoms with Crippen LogP contribution in [0.1, 0.15) is 174 Å². The lowest BCUT2D eigenvalue weighted by Crippen LogP contribution is -2.48. The number of likely N-dealkylation sites (tertiary alicyclic amines) is 4. The van der Waals surface area contributed by atoms with Gasteiger partial charge in [-0.1, -0.05) is 33.3 Å². The lowest BCUT2D eigenvalue weighted by atomic mass is 9.65. The molecular formula is C103H102N8O26. The molecule has 0 bridgehead atoms. The van der Waals surface area contributed by atoms with Crippen LogP contribution in [-0.2, 0) is 85.1 Å². The molecular weight excluding hydrogens is 1770 g/mol. The molecule has 4 aromatic heterocycles. The SMILES string of the molecule is C=C1OC[C@H]2C(OC(=O)c3ccc(OCC(=O)OC4(CC)C(=O)OCc5c4cc4n(c5=O)Cc5cc6cc(OC(=O)N7CCC(N8CCCCC8)CC7)ccc6nc5-4)cc3)c3cc4c(cc3[C@H](c3cc(OC)c(OC)c(OC)c3)[C@@H]12)OCO4.CCC1(OC(=O)COc2ccc(C(=O)O)cc2)C(=O)OCc2c1cc1n(c2=O)Cc2cc3cc(OC(=O)N4CCC(N5CCCCC5)CC4)ccc3nc2-1. The third kappa shape index (κ3) is 16.9. The molecule has 10 aliphatic heterocycles. The Morgan fingerprint density at radius 2 is 0.956 bits per heavy atom. The first-order valence-electron chi connectivity index (χ1n) is 46.6. The highest BCUT2D eigenvalue weighted by atomic mass is 16.7. The second kappa shape index (κ2) is 37.3. The molecule has 11 aliphatic rings. The molecule has 6 aromatic carbocycles. The zero-order chi connectivity index (χ0) is 94.8. The Morgan fingerprint density at radius 3 is 1.40 bits per heavy atom. The number of aromatic carboxylic acids is 1. The molecule has 6 atom stereocenters. The first-order valence-corrected chi connectivity index (χ1v) is 46.6. The number of benzene rings is 6. The van der Waals surface area contributed by atoms with Crippen LogP contribution in [-0.4, -0.2) is 204 Å². The summed E-state index contributed by atoms with van der Waals surface area (Å²) in [7, 11) is 4.65. The summed E-state index contributed by atoms with van der Waals surface area (Å²) in [6.45, 7) is 13.6. The molecule has 2 amide bonds. The van der Waals surface area contributed by atoms with Crippen LogP contribution >= 0.6 is 0 Å². The molecule has 137 heavy (non-hydrogen) atoms. The van der Waals surface area contributed by atoms with Crippen LogP contribution in [0.25, 0.3) is 44.6 Å². The summed E-state index contributed by atoms with van der Waals surface area (Å²) in [6.07, 6.45) is 9.65. The van der Waals surface area contributed by atoms with Crippen LogP contribution in [0.4, 0.5) is 9.59 Å². The number of hydrogen-bond acceptors (Lipinski definition) is 29. The van der Waals surface area contributed by atoms with Crippen LogP contribution in [0, 0.1) is 11.8 Å². The van der Waals surface area contributed by atoms with Crippen molar-refractivity contribution >= 4 is 69.8 Å². The zero-order valence-corrected chi connectivity index (χ0v) is 76.4. The third-order valence-electron chi connectivity index (χ3n) is 28.6. The Balaban J connectivity index is 0.000000185. The number of carboxylic acids is 1. The van der Waals surface area contributed by atoms with Gasteiger partial charge in [0.2, 0.25) is 23.7 Å². The largest absolute Gasteiger partial charge is 0.498 e. The van der Waals surface area contributed by atoms with Crippen molar-refractivity contribution in [1.82, 2.24) is 38.7 Å². The summed E-state index contributed by atoms with van der Waals surface area (Å²) < 4.78 is 90.4. The van der Waals surface area contributed by atoms with Crippen molar-refractivity contribution < 1.29 is 115 Å². The van der Waals surface area contributed by atoms with Gasteiger partial charge in [0.1, 0.15) is 42.3 Å². The molecule has 5 fully saturated rings. The number of cyclic esters (lactones) is 2. The minimum atomic E-state index is -1.97. The van der Waals surface area contributed by atoms with E-state index in [1.165, 1.54) is 87.1 Å². The van der Waals surface area contributed by atoms with E-state index in [0.29, 0.717) is 124 Å². The maximum absolute atomic E-state index is 14.3. The van der Waals surface area contributed by atoms with Crippen LogP contribution in [0.2, 0.25) is 0 Å². The van der Waals surface area contributed by atoms with E-state index in [9.17, 15) is 47.9 Å². The maximum Gasteiger partial charge on any atom is 0.415 e. The Kier molecular flexibility index (Phi) is 24.6. The third-order valence-corrected chi connectivity index (χ3v) is 28.6. The van der Waals surface area contributed by atoms with E-state index >= 15 is 0 Å². The molecule has 0 saturated carbocycles. The molecule has 0 radical (unpaired) electrons. The number of allylic oxidation sites excluding steroid dienone is 1. The number of carbonyl (C=O) groups is 8. The van der Waals surface area contributed by atoms with Gasteiger partial charge in [0.15, 0.2) is 36.2 Å². The number of carboxylic acid groups (broad SMARTS) is 1. The lowest BCUT2D eigenvalue weighted by molar-refractivity contribution is -0.190. The van der Waals surface area contributed by atoms with Crippen LogP contribution in [0.5, 0.6) is 51.7 Å². The molecule has 21 rings (SSSR count). The molecule has 1 aliphatic carbocycles. The number of amides is 2. The van der Waals surface area contributed by atoms with Crippen LogP contribution in [0.15, 0.2) is 155 Å². The molecule has 0 spiro atoms. The van der Waals surface area contributed by atoms with Crippen molar-refractivity contribution in [2.24, 2.45) is 11.8 Å². The number of ether oxygens (including phenoxy) is 15. The summed E-state index contributed by atoms with van der Waals surface area (Å²) in [5.74, 6) is -1.96. The van der Waals surface area contributed by atoms with Crippen LogP contribution in [0.3, 0.4) is 0 Å². The maximum atomic E-state index is 14.3. The van der Waals surface area contributed by atoms with Gasteiger partial charge < -0.3 is 105 Å². The fourth-order valence-electron chi connectivity index (χ4n) is 21.5. The van der Waals surface area contributed by atoms with Crippen molar-refractivity contribution in [1.29, 1.82) is 0 Å². The van der Waals surface area contributed by atoms with Gasteiger partial charge in [-0.25, -0.2) is 48.3 Å². The van der Waals surface area contributed by atoms with E-state index < -0.39 is 71.9 Å². The molecule has 710 valence electrons. The lowest BCUT2D eigenvalue weighted by Gasteiger charge is -2.39. The second-order valence-electron chi connectivity index (χ2n) is 36.1. The number of hydrogen-bond donors (Lipinski definition) is 1. The second-order valence-corrected chi connectivity index (χ2v) is 36.1. The number of rotatable bonds is 21. The number of fused-ring (bicyclic) bond motifs is 13. The van der Waals surface area contributed by atoms with E-state index in [1.807, 2.05) is 36.4 Å². The molecule has 34 heteroatoms.